The Labute approximate surface area is 151 Å². The number of imidazole rings is 1. The maximum atomic E-state index is 12.8. The predicted molar refractivity (Wildman–Crippen MR) is 94.1 cm³/mol. The lowest BCUT2D eigenvalue weighted by Crippen LogP contribution is -2.48. The third kappa shape index (κ3) is 3.58. The van der Waals surface area contributed by atoms with Gasteiger partial charge in [-0.1, -0.05) is 23.8 Å². The second-order valence-corrected chi connectivity index (χ2v) is 7.52. The third-order valence-corrected chi connectivity index (χ3v) is 5.50. The summed E-state index contributed by atoms with van der Waals surface area (Å²) in [7, 11) is -2.90. The number of benzene rings is 1. The van der Waals surface area contributed by atoms with Crippen LogP contribution in [0.15, 0.2) is 54.2 Å². The lowest BCUT2D eigenvalue weighted by atomic mass is 9.94. The van der Waals surface area contributed by atoms with Crippen molar-refractivity contribution in [2.24, 2.45) is 5.73 Å². The van der Waals surface area contributed by atoms with E-state index in [1.54, 1.807) is 12.1 Å². The Morgan fingerprint density at radius 1 is 1.35 bits per heavy atom. The quantitative estimate of drug-likeness (QED) is 0.435. The highest BCUT2D eigenvalue weighted by molar-refractivity contribution is 7.90. The molecule has 2 N–H and O–H groups in total. The first kappa shape index (κ1) is 19.5. The van der Waals surface area contributed by atoms with Gasteiger partial charge in [-0.3, -0.25) is 4.79 Å². The van der Waals surface area contributed by atoms with E-state index in [1.807, 2.05) is 6.92 Å². The summed E-state index contributed by atoms with van der Waals surface area (Å²) in [5.41, 5.74) is 4.96. The lowest BCUT2D eigenvalue weighted by Gasteiger charge is -2.21. The van der Waals surface area contributed by atoms with Gasteiger partial charge in [0.2, 0.25) is 5.78 Å². The Balaban J connectivity index is 2.41. The normalized spacial score (nSPS) is 13.7. The van der Waals surface area contributed by atoms with Gasteiger partial charge < -0.3 is 10.5 Å². The first-order chi connectivity index (χ1) is 12.2. The molecule has 0 radical (unpaired) electrons. The minimum absolute atomic E-state index is 0.00542. The first-order valence-electron chi connectivity index (χ1n) is 7.55. The number of Topliss-reactive ketones (excluding diaryl/α,β-unsaturated/α-hetero) is 1. The molecule has 1 aromatic carbocycles. The van der Waals surface area contributed by atoms with Crippen LogP contribution in [0.2, 0.25) is 0 Å². The lowest BCUT2D eigenvalue weighted by molar-refractivity contribution is -0.145. The molecule has 0 bridgehead atoms. The van der Waals surface area contributed by atoms with Crippen molar-refractivity contribution in [1.29, 1.82) is 0 Å². The molecule has 0 spiro atoms. The summed E-state index contributed by atoms with van der Waals surface area (Å²) < 4.78 is 30.9. The number of esters is 1. The van der Waals surface area contributed by atoms with Crippen molar-refractivity contribution in [1.82, 2.24) is 8.96 Å². The van der Waals surface area contributed by atoms with Crippen LogP contribution in [0.3, 0.4) is 0 Å². The number of carbonyl (C=O) groups is 2. The smallest absolute Gasteiger partial charge is 0.330 e. The molecule has 2 rings (SSSR count). The molecule has 1 heterocycles. The zero-order chi connectivity index (χ0) is 19.5. The van der Waals surface area contributed by atoms with Crippen LogP contribution in [0.4, 0.5) is 0 Å². The van der Waals surface area contributed by atoms with Gasteiger partial charge in [0, 0.05) is 18.8 Å². The number of rotatable bonds is 7. The van der Waals surface area contributed by atoms with Crippen LogP contribution in [0.5, 0.6) is 0 Å². The minimum atomic E-state index is -4.03. The van der Waals surface area contributed by atoms with E-state index in [0.717, 1.165) is 28.9 Å². The van der Waals surface area contributed by atoms with Crippen LogP contribution in [0.1, 0.15) is 22.6 Å². The molecule has 9 heteroatoms. The molecule has 1 aromatic heterocycles. The van der Waals surface area contributed by atoms with Crippen molar-refractivity contribution < 1.29 is 22.7 Å². The van der Waals surface area contributed by atoms with E-state index in [1.165, 1.54) is 18.3 Å². The topological polar surface area (TPSA) is 121 Å². The summed E-state index contributed by atoms with van der Waals surface area (Å²) >= 11 is 0. The first-order valence-corrected chi connectivity index (χ1v) is 8.99. The van der Waals surface area contributed by atoms with Crippen molar-refractivity contribution in [2.45, 2.75) is 23.8 Å². The van der Waals surface area contributed by atoms with Crippen molar-refractivity contribution in [3.63, 3.8) is 0 Å². The molecule has 0 aliphatic rings. The van der Waals surface area contributed by atoms with Gasteiger partial charge in [-0.15, -0.1) is 6.58 Å². The minimum Gasteiger partial charge on any atom is -0.467 e. The number of nitrogens with zero attached hydrogens (tertiary/aromatic N) is 2. The summed E-state index contributed by atoms with van der Waals surface area (Å²) in [5.74, 6) is -1.95. The zero-order valence-corrected chi connectivity index (χ0v) is 15.2. The van der Waals surface area contributed by atoms with Crippen LogP contribution in [0.25, 0.3) is 0 Å². The molecule has 26 heavy (non-hydrogen) atoms. The molecule has 0 aliphatic heterocycles. The fourth-order valence-electron chi connectivity index (χ4n) is 2.27. The van der Waals surface area contributed by atoms with Crippen LogP contribution in [-0.2, 0) is 19.6 Å². The van der Waals surface area contributed by atoms with Crippen LogP contribution < -0.4 is 5.73 Å². The van der Waals surface area contributed by atoms with E-state index in [2.05, 4.69) is 16.3 Å². The monoisotopic (exact) mass is 377 g/mol. The van der Waals surface area contributed by atoms with Gasteiger partial charge in [0.1, 0.15) is 5.54 Å². The van der Waals surface area contributed by atoms with Crippen molar-refractivity contribution in [2.75, 3.05) is 7.11 Å². The molecule has 0 unspecified atom stereocenters. The molecular weight excluding hydrogens is 358 g/mol. The summed E-state index contributed by atoms with van der Waals surface area (Å²) in [6.45, 7) is 5.26. The number of ketones is 1. The highest BCUT2D eigenvalue weighted by Gasteiger charge is 2.36. The number of aromatic nitrogens is 2. The standard InChI is InChI=1S/C17H19N3O5S/c1-4-17(18,16(22)25-3)11-14(21)15-19-9-10-20(15)26(23,24)13-7-5-12(2)6-8-13/h4-10H,1,11,18H2,2-3H3/t17-/m1/s1. The molecule has 2 aromatic rings. The predicted octanol–water partition coefficient (Wildman–Crippen LogP) is 1.06. The molecule has 0 fully saturated rings. The molecule has 0 saturated heterocycles. The maximum Gasteiger partial charge on any atom is 0.330 e. The van der Waals surface area contributed by atoms with Crippen molar-refractivity contribution in [3.05, 3.63) is 60.7 Å². The van der Waals surface area contributed by atoms with Gasteiger partial charge in [-0.2, -0.15) is 0 Å². The largest absolute Gasteiger partial charge is 0.467 e. The average Bonchev–Trinajstić information content (AvgIpc) is 3.12. The van der Waals surface area contributed by atoms with Crippen LogP contribution in [-0.4, -0.2) is 41.8 Å². The Morgan fingerprint density at radius 2 is 1.96 bits per heavy atom. The molecule has 138 valence electrons. The SMILES string of the molecule is C=C[C@@](N)(CC(=O)c1nccn1S(=O)(=O)c1ccc(C)cc1)C(=O)OC. The Kier molecular flexibility index (Phi) is 5.43. The third-order valence-electron chi connectivity index (χ3n) is 3.82. The van der Waals surface area contributed by atoms with E-state index in [0.29, 0.717) is 0 Å². The molecule has 0 aliphatic carbocycles. The number of hydrogen-bond acceptors (Lipinski definition) is 7. The fraction of sp³-hybridized carbons (Fsp3) is 0.235. The summed E-state index contributed by atoms with van der Waals surface area (Å²) in [6, 6.07) is 6.16. The highest BCUT2D eigenvalue weighted by atomic mass is 32.2. The Bertz CT molecular complexity index is 947. The molecule has 0 amide bonds. The van der Waals surface area contributed by atoms with E-state index in [9.17, 15) is 18.0 Å². The number of aryl methyl sites for hydroxylation is 1. The Morgan fingerprint density at radius 3 is 2.50 bits per heavy atom. The van der Waals surface area contributed by atoms with Gasteiger partial charge in [0.15, 0.2) is 5.82 Å². The van der Waals surface area contributed by atoms with Gasteiger partial charge >= 0.3 is 5.97 Å². The summed E-state index contributed by atoms with van der Waals surface area (Å²) in [5, 5.41) is 0. The molecule has 8 nitrogen and oxygen atoms in total. The fourth-order valence-corrected chi connectivity index (χ4v) is 3.57. The Hall–Kier alpha value is -2.78. The van der Waals surface area contributed by atoms with Crippen LogP contribution in [0, 0.1) is 6.92 Å². The van der Waals surface area contributed by atoms with Crippen molar-refractivity contribution >= 4 is 21.8 Å². The van der Waals surface area contributed by atoms with Crippen molar-refractivity contribution in [3.8, 4) is 0 Å². The number of carbonyl (C=O) groups excluding carboxylic acids is 2. The molecule has 0 saturated carbocycles. The second-order valence-electron chi connectivity index (χ2n) is 5.70. The average molecular weight is 377 g/mol. The zero-order valence-electron chi connectivity index (χ0n) is 14.4. The van der Waals surface area contributed by atoms with E-state index >= 15 is 0 Å². The highest BCUT2D eigenvalue weighted by Crippen LogP contribution is 2.19. The van der Waals surface area contributed by atoms with Gasteiger partial charge in [-0.25, -0.2) is 22.2 Å². The molecular formula is C17H19N3O5S. The van der Waals surface area contributed by atoms with Crippen LogP contribution >= 0.6 is 0 Å². The second kappa shape index (κ2) is 7.22. The van der Waals surface area contributed by atoms with E-state index in [4.69, 9.17) is 5.73 Å². The summed E-state index contributed by atoms with van der Waals surface area (Å²) in [6.07, 6.45) is 2.89. The van der Waals surface area contributed by atoms with Gasteiger partial charge in [0.25, 0.3) is 10.0 Å². The van der Waals surface area contributed by atoms with Gasteiger partial charge in [-0.05, 0) is 19.1 Å². The maximum absolute atomic E-state index is 12.8. The van der Waals surface area contributed by atoms with E-state index in [-0.39, 0.29) is 10.7 Å². The number of nitrogens with two attached hydrogens (primary N) is 1. The van der Waals surface area contributed by atoms with Gasteiger partial charge in [0.05, 0.1) is 12.0 Å². The number of methoxy groups -OCH3 is 1. The van der Waals surface area contributed by atoms with E-state index < -0.39 is 33.7 Å². The molecule has 1 atom stereocenters. The number of ether oxygens (including phenoxy) is 1. The number of hydrogen-bond donors (Lipinski definition) is 1. The summed E-state index contributed by atoms with van der Waals surface area (Å²) in [4.78, 5) is 28.2.